The van der Waals surface area contributed by atoms with Crippen LogP contribution in [-0.2, 0) is 16.0 Å². The minimum atomic E-state index is -0.654. The summed E-state index contributed by atoms with van der Waals surface area (Å²) >= 11 is 22.7. The smallest absolute Gasteiger partial charge is 0.256 e. The highest BCUT2D eigenvalue weighted by Gasteiger charge is 2.24. The van der Waals surface area contributed by atoms with Crippen LogP contribution in [0.4, 0.5) is 20.2 Å². The molecule has 0 saturated heterocycles. The highest BCUT2D eigenvalue weighted by atomic mass is 35.5. The van der Waals surface area contributed by atoms with Gasteiger partial charge in [-0.3, -0.25) is 14.4 Å². The number of fused-ring (bicyclic) bond motifs is 2. The molecule has 0 spiro atoms. The lowest BCUT2D eigenvalue weighted by Crippen LogP contribution is -2.03. The largest absolute Gasteiger partial charge is 0.325 e. The lowest BCUT2D eigenvalue weighted by molar-refractivity contribution is -0.115. The molecular formula is C31H22Cl4F2N2O3. The molecule has 0 bridgehead atoms. The van der Waals surface area contributed by atoms with Crippen molar-refractivity contribution >= 4 is 87.5 Å². The van der Waals surface area contributed by atoms with Crippen molar-refractivity contribution in [3.05, 3.63) is 127 Å². The molecular weight excluding hydrogens is 628 g/mol. The number of hydrogen-bond donors (Lipinski definition) is 2. The lowest BCUT2D eigenvalue weighted by atomic mass is 10.0. The summed E-state index contributed by atoms with van der Waals surface area (Å²) < 4.78 is 26.5. The number of carbonyl (C=O) groups is 3. The molecule has 2 aliphatic rings. The SMILES string of the molecule is C.O=C1Cc2ccc(Cl)cc2N1.O=C1Nc2cc(Cl)ccc2/C1=C\c1cccc(Cl)c1F.O=Cc1cccc(Cl)c1F. The zero-order valence-electron chi connectivity index (χ0n) is 20.8. The fourth-order valence-electron chi connectivity index (χ4n) is 3.90. The third-order valence-corrected chi connectivity index (χ3v) is 6.91. The number of anilines is 2. The molecule has 5 nitrogen and oxygen atoms in total. The second-order valence-electron chi connectivity index (χ2n) is 8.63. The molecule has 2 N–H and O–H groups in total. The molecule has 216 valence electrons. The van der Waals surface area contributed by atoms with Crippen LogP contribution in [0, 0.1) is 11.6 Å². The van der Waals surface area contributed by atoms with Crippen LogP contribution in [0.25, 0.3) is 11.6 Å². The summed E-state index contributed by atoms with van der Waals surface area (Å²) in [4.78, 5) is 32.9. The molecule has 0 atom stereocenters. The monoisotopic (exact) mass is 648 g/mol. The number of benzene rings is 4. The lowest BCUT2D eigenvalue weighted by Gasteiger charge is -2.01. The molecule has 2 heterocycles. The number of nitrogens with one attached hydrogen (secondary N) is 2. The van der Waals surface area contributed by atoms with Gasteiger partial charge in [0, 0.05) is 32.4 Å². The number of amides is 2. The normalized spacial score (nSPS) is 13.3. The second kappa shape index (κ2) is 14.4. The maximum absolute atomic E-state index is 13.9. The van der Waals surface area contributed by atoms with Gasteiger partial charge in [0.2, 0.25) is 5.91 Å². The standard InChI is InChI=1S/C15H8Cl2FNO.C8H6ClNO.C7H4ClFO.CH4/c16-9-4-5-10-11(15(20)19-13(10)7-9)6-8-2-1-3-12(17)14(8)18;9-6-2-1-5-3-8(11)10-7(5)4-6;8-6-3-1-2-5(4-10)7(6)9;/h1-7H,(H,19,20);1-2,4H,3H2,(H,10,11);1-4H;1H4/b11-6+;;;. The van der Waals surface area contributed by atoms with Gasteiger partial charge in [0.25, 0.3) is 5.91 Å². The Morgan fingerprint density at radius 2 is 1.29 bits per heavy atom. The Hall–Kier alpha value is -3.75. The van der Waals surface area contributed by atoms with Crippen LogP contribution in [-0.4, -0.2) is 18.1 Å². The second-order valence-corrected chi connectivity index (χ2v) is 10.3. The highest BCUT2D eigenvalue weighted by Crippen LogP contribution is 2.35. The zero-order valence-corrected chi connectivity index (χ0v) is 23.8. The first kappa shape index (κ1) is 32.8. The number of hydrogen-bond acceptors (Lipinski definition) is 3. The van der Waals surface area contributed by atoms with E-state index >= 15 is 0 Å². The summed E-state index contributed by atoms with van der Waals surface area (Å²) in [7, 11) is 0. The van der Waals surface area contributed by atoms with E-state index in [2.05, 4.69) is 10.6 Å². The number of halogens is 6. The van der Waals surface area contributed by atoms with Gasteiger partial charge in [0.05, 0.1) is 27.7 Å². The van der Waals surface area contributed by atoms with Crippen LogP contribution in [0.5, 0.6) is 0 Å². The van der Waals surface area contributed by atoms with Crippen molar-refractivity contribution in [2.45, 2.75) is 13.8 Å². The summed E-state index contributed by atoms with van der Waals surface area (Å²) in [5.74, 6) is -1.44. The topological polar surface area (TPSA) is 75.3 Å². The molecule has 0 radical (unpaired) electrons. The average Bonchev–Trinajstić information content (AvgIpc) is 3.46. The fourth-order valence-corrected chi connectivity index (χ4v) is 4.60. The fraction of sp³-hybridized carbons (Fsp3) is 0.0645. The van der Waals surface area contributed by atoms with Crippen molar-refractivity contribution in [3.63, 3.8) is 0 Å². The van der Waals surface area contributed by atoms with Crippen LogP contribution in [0.2, 0.25) is 20.1 Å². The van der Waals surface area contributed by atoms with Gasteiger partial charge < -0.3 is 10.6 Å². The first-order valence-electron chi connectivity index (χ1n) is 11.8. The van der Waals surface area contributed by atoms with Gasteiger partial charge in [0.1, 0.15) is 5.82 Å². The van der Waals surface area contributed by atoms with Crippen LogP contribution >= 0.6 is 46.4 Å². The molecule has 2 amide bonds. The van der Waals surface area contributed by atoms with Crippen LogP contribution in [0.3, 0.4) is 0 Å². The molecule has 4 aromatic carbocycles. The van der Waals surface area contributed by atoms with E-state index in [1.54, 1.807) is 42.5 Å². The summed E-state index contributed by atoms with van der Waals surface area (Å²) in [5.41, 5.74) is 3.84. The van der Waals surface area contributed by atoms with Gasteiger partial charge in [0.15, 0.2) is 12.1 Å². The van der Waals surface area contributed by atoms with Gasteiger partial charge in [-0.25, -0.2) is 8.78 Å². The van der Waals surface area contributed by atoms with E-state index in [0.29, 0.717) is 39.6 Å². The Bertz CT molecular complexity index is 1710. The Balaban J connectivity index is 0.000000187. The predicted molar refractivity (Wildman–Crippen MR) is 167 cm³/mol. The van der Waals surface area contributed by atoms with Gasteiger partial charge in [-0.15, -0.1) is 0 Å². The van der Waals surface area contributed by atoms with Crippen molar-refractivity contribution in [2.24, 2.45) is 0 Å². The Kier molecular flexibility index (Phi) is 11.3. The van der Waals surface area contributed by atoms with Crippen molar-refractivity contribution in [1.82, 2.24) is 0 Å². The molecule has 4 aromatic rings. The average molecular weight is 650 g/mol. The Labute approximate surface area is 261 Å². The number of rotatable bonds is 2. The molecule has 2 aliphatic heterocycles. The third-order valence-electron chi connectivity index (χ3n) is 5.85. The summed E-state index contributed by atoms with van der Waals surface area (Å²) in [5, 5.41) is 6.59. The summed E-state index contributed by atoms with van der Waals surface area (Å²) in [6, 6.07) is 19.4. The van der Waals surface area contributed by atoms with E-state index in [1.165, 1.54) is 30.3 Å². The highest BCUT2D eigenvalue weighted by molar-refractivity contribution is 6.37. The van der Waals surface area contributed by atoms with Crippen LogP contribution in [0.1, 0.15) is 34.5 Å². The van der Waals surface area contributed by atoms with Crippen LogP contribution in [0.15, 0.2) is 72.8 Å². The Morgan fingerprint density at radius 1 is 0.714 bits per heavy atom. The molecule has 11 heteroatoms. The van der Waals surface area contributed by atoms with E-state index in [-0.39, 0.29) is 40.4 Å². The molecule has 6 rings (SSSR count). The zero-order chi connectivity index (χ0) is 29.7. The van der Waals surface area contributed by atoms with Crippen molar-refractivity contribution in [1.29, 1.82) is 0 Å². The van der Waals surface area contributed by atoms with Gasteiger partial charge >= 0.3 is 0 Å². The van der Waals surface area contributed by atoms with Crippen molar-refractivity contribution in [2.75, 3.05) is 10.6 Å². The maximum Gasteiger partial charge on any atom is 0.256 e. The van der Waals surface area contributed by atoms with Gasteiger partial charge in [-0.05, 0) is 54.1 Å². The maximum atomic E-state index is 13.9. The molecule has 0 aliphatic carbocycles. The molecule has 0 saturated carbocycles. The van der Waals surface area contributed by atoms with E-state index in [4.69, 9.17) is 46.4 Å². The third kappa shape index (κ3) is 7.75. The van der Waals surface area contributed by atoms with Crippen molar-refractivity contribution in [3.8, 4) is 0 Å². The minimum Gasteiger partial charge on any atom is -0.325 e. The Morgan fingerprint density at radius 3 is 1.90 bits per heavy atom. The van der Waals surface area contributed by atoms with E-state index in [1.807, 2.05) is 6.07 Å². The first-order chi connectivity index (χ1) is 19.6. The predicted octanol–water partition coefficient (Wildman–Crippen LogP) is 9.39. The molecule has 0 fully saturated rings. The minimum absolute atomic E-state index is 0. The number of aldehydes is 1. The van der Waals surface area contributed by atoms with E-state index < -0.39 is 11.6 Å². The van der Waals surface area contributed by atoms with E-state index in [0.717, 1.165) is 11.3 Å². The summed E-state index contributed by atoms with van der Waals surface area (Å²) in [6.45, 7) is 0. The number of carbonyl (C=O) groups excluding carboxylic acids is 3. The van der Waals surface area contributed by atoms with E-state index in [9.17, 15) is 23.2 Å². The first-order valence-corrected chi connectivity index (χ1v) is 13.3. The van der Waals surface area contributed by atoms with Crippen molar-refractivity contribution < 1.29 is 23.2 Å². The molecule has 0 unspecified atom stereocenters. The molecule has 42 heavy (non-hydrogen) atoms. The summed E-state index contributed by atoms with van der Waals surface area (Å²) in [6.07, 6.45) is 2.39. The van der Waals surface area contributed by atoms with Crippen LogP contribution < -0.4 is 10.6 Å². The quantitative estimate of drug-likeness (QED) is 0.168. The molecule has 0 aromatic heterocycles. The van der Waals surface area contributed by atoms with Gasteiger partial charge in [-0.1, -0.05) is 84.2 Å². The van der Waals surface area contributed by atoms with Gasteiger partial charge in [-0.2, -0.15) is 0 Å².